The van der Waals surface area contributed by atoms with Gasteiger partial charge in [0.05, 0.1) is 18.8 Å². The minimum absolute atomic E-state index is 0.155. The third kappa shape index (κ3) is 33.2. The Morgan fingerprint density at radius 2 is 1.27 bits per heavy atom. The molecule has 0 saturated heterocycles. The zero-order valence-corrected chi connectivity index (χ0v) is 30.4. The second kappa shape index (κ2) is 34.1. The Kier molecular flexibility index (Phi) is 32.2. The van der Waals surface area contributed by atoms with Crippen LogP contribution < -0.4 is 0 Å². The van der Waals surface area contributed by atoms with Crippen molar-refractivity contribution in [2.75, 3.05) is 13.2 Å². The van der Waals surface area contributed by atoms with Crippen molar-refractivity contribution in [3.63, 3.8) is 0 Å². The van der Waals surface area contributed by atoms with Crippen LogP contribution in [0.25, 0.3) is 0 Å². The molecule has 0 amide bonds. The van der Waals surface area contributed by atoms with Crippen LogP contribution in [-0.2, 0) is 19.1 Å². The maximum absolute atomic E-state index is 12.1. The fourth-order valence-corrected chi connectivity index (χ4v) is 4.77. The smallest absolute Gasteiger partial charge is 0.306 e. The van der Waals surface area contributed by atoms with E-state index in [2.05, 4.69) is 20.8 Å². The topological polar surface area (TPSA) is 113 Å². The average Bonchev–Trinajstić information content (AvgIpc) is 3.06. The average molecular weight is 673 g/mol. The molecule has 0 fully saturated rings. The van der Waals surface area contributed by atoms with Gasteiger partial charge in [-0.05, 0) is 44.4 Å². The van der Waals surface area contributed by atoms with E-state index in [1.54, 1.807) is 24.3 Å². The van der Waals surface area contributed by atoms with Crippen LogP contribution in [0.5, 0.6) is 0 Å². The first-order chi connectivity index (χ1) is 23.3. The second-order valence-electron chi connectivity index (χ2n) is 12.8. The molecule has 0 aromatic rings. The molecule has 0 rings (SSSR count). The maximum atomic E-state index is 12.1. The Bertz CT molecular complexity index is 944. The van der Waals surface area contributed by atoms with Crippen molar-refractivity contribution in [2.24, 2.45) is 5.92 Å². The summed E-state index contributed by atoms with van der Waals surface area (Å²) in [5.74, 6) is 0.0280. The van der Waals surface area contributed by atoms with Gasteiger partial charge in [-0.3, -0.25) is 9.59 Å². The first kappa shape index (κ1) is 45.3. The molecule has 3 atom stereocenters. The number of unbranched alkanes of at least 4 members (excludes halogenated alkanes) is 10. The van der Waals surface area contributed by atoms with E-state index in [1.807, 2.05) is 48.6 Å². The van der Waals surface area contributed by atoms with Crippen molar-refractivity contribution in [3.05, 3.63) is 72.9 Å². The minimum Gasteiger partial charge on any atom is -0.462 e. The molecule has 0 aromatic heterocycles. The molecule has 7 heteroatoms. The fourth-order valence-electron chi connectivity index (χ4n) is 4.77. The van der Waals surface area contributed by atoms with Gasteiger partial charge in [0.1, 0.15) is 6.61 Å². The molecule has 274 valence electrons. The molecular weight excluding hydrogens is 604 g/mol. The van der Waals surface area contributed by atoms with Crippen molar-refractivity contribution < 1.29 is 34.4 Å². The van der Waals surface area contributed by atoms with E-state index >= 15 is 0 Å². The van der Waals surface area contributed by atoms with E-state index in [4.69, 9.17) is 9.47 Å². The van der Waals surface area contributed by atoms with Crippen LogP contribution in [0.4, 0.5) is 0 Å². The number of rotatable bonds is 31. The van der Waals surface area contributed by atoms with Gasteiger partial charge in [-0.25, -0.2) is 0 Å². The predicted octanol–water partition coefficient (Wildman–Crippen LogP) is 9.19. The lowest BCUT2D eigenvalue weighted by Gasteiger charge is -2.15. The molecule has 0 heterocycles. The molecule has 0 aliphatic rings. The molecule has 0 aliphatic heterocycles. The predicted molar refractivity (Wildman–Crippen MR) is 198 cm³/mol. The standard InChI is InChI=1S/C41H68O7/c1-4-5-20-28-37(43)29-22-16-12-10-13-17-23-30-38(44)31-24-19-26-32-40(45)47-35-39(34-42)48-41(46)33-25-18-14-9-7-6-8-11-15-21-27-36(2)3/h5,12-13,16-17,20,22-24,29-31,36-39,42-44H,4,6-11,14-15,18-19,21,25-28,32-35H2,1-3H3/b16-12-,17-13-,20-5-,29-22+,30-23+,31-24-/t37-,38-,39+/m1/s1. The van der Waals surface area contributed by atoms with E-state index < -0.39 is 30.9 Å². The fraction of sp³-hybridized carbons (Fsp3) is 0.659. The zero-order chi connectivity index (χ0) is 35.5. The summed E-state index contributed by atoms with van der Waals surface area (Å²) in [6.45, 7) is 6.08. The van der Waals surface area contributed by atoms with Crippen molar-refractivity contribution in [3.8, 4) is 0 Å². The van der Waals surface area contributed by atoms with Gasteiger partial charge in [0.2, 0.25) is 0 Å². The molecular formula is C41H68O7. The highest BCUT2D eigenvalue weighted by Crippen LogP contribution is 2.14. The number of carbonyl (C=O) groups excluding carboxylic acids is 2. The Morgan fingerprint density at radius 3 is 1.90 bits per heavy atom. The first-order valence-electron chi connectivity index (χ1n) is 18.6. The summed E-state index contributed by atoms with van der Waals surface area (Å²) in [7, 11) is 0. The number of hydrogen-bond donors (Lipinski definition) is 3. The monoisotopic (exact) mass is 672 g/mol. The maximum Gasteiger partial charge on any atom is 0.306 e. The number of aliphatic hydroxyl groups excluding tert-OH is 3. The van der Waals surface area contributed by atoms with Gasteiger partial charge in [-0.15, -0.1) is 0 Å². The van der Waals surface area contributed by atoms with Crippen LogP contribution in [-0.4, -0.2) is 58.8 Å². The Labute approximate surface area is 292 Å². The van der Waals surface area contributed by atoms with Crippen LogP contribution in [0, 0.1) is 5.92 Å². The van der Waals surface area contributed by atoms with Gasteiger partial charge in [-0.1, -0.05) is 158 Å². The van der Waals surface area contributed by atoms with Crippen molar-refractivity contribution >= 4 is 11.9 Å². The SMILES string of the molecule is CC/C=C\C[C@@H](O)/C=C/C=C\C/C=C\C=C\[C@@H](O)/C=C\CCCC(=O)OC[C@H](CO)OC(=O)CCCCCCCCCCCCC(C)C. The van der Waals surface area contributed by atoms with Crippen LogP contribution in [0.2, 0.25) is 0 Å². The van der Waals surface area contributed by atoms with Gasteiger partial charge in [-0.2, -0.15) is 0 Å². The normalized spacial score (nSPS) is 14.5. The van der Waals surface area contributed by atoms with Gasteiger partial charge in [0.25, 0.3) is 0 Å². The van der Waals surface area contributed by atoms with E-state index in [0.717, 1.165) is 38.0 Å². The molecule has 0 unspecified atom stereocenters. The highest BCUT2D eigenvalue weighted by Gasteiger charge is 2.16. The number of carbonyl (C=O) groups is 2. The molecule has 0 aromatic carbocycles. The molecule has 7 nitrogen and oxygen atoms in total. The lowest BCUT2D eigenvalue weighted by atomic mass is 10.0. The van der Waals surface area contributed by atoms with Crippen LogP contribution in [0.3, 0.4) is 0 Å². The quantitative estimate of drug-likeness (QED) is 0.0291. The van der Waals surface area contributed by atoms with Crippen molar-refractivity contribution in [2.45, 2.75) is 155 Å². The summed E-state index contributed by atoms with van der Waals surface area (Å²) in [5, 5.41) is 29.4. The van der Waals surface area contributed by atoms with Crippen LogP contribution >= 0.6 is 0 Å². The molecule has 0 bridgehead atoms. The van der Waals surface area contributed by atoms with E-state index in [0.29, 0.717) is 25.7 Å². The lowest BCUT2D eigenvalue weighted by molar-refractivity contribution is -0.161. The number of allylic oxidation sites excluding steroid dienone is 8. The Balaban J connectivity index is 3.89. The highest BCUT2D eigenvalue weighted by molar-refractivity contribution is 5.70. The molecule has 0 saturated carbocycles. The summed E-state index contributed by atoms with van der Waals surface area (Å²) >= 11 is 0. The molecule has 0 aliphatic carbocycles. The van der Waals surface area contributed by atoms with E-state index in [9.17, 15) is 24.9 Å². The number of hydrogen-bond acceptors (Lipinski definition) is 7. The van der Waals surface area contributed by atoms with Crippen LogP contribution in [0.15, 0.2) is 72.9 Å². The summed E-state index contributed by atoms with van der Waals surface area (Å²) in [6, 6.07) is 0. The van der Waals surface area contributed by atoms with Crippen molar-refractivity contribution in [1.29, 1.82) is 0 Å². The van der Waals surface area contributed by atoms with Gasteiger partial charge >= 0.3 is 11.9 Å². The summed E-state index contributed by atoms with van der Waals surface area (Å²) in [6.07, 6.45) is 37.5. The molecule has 0 radical (unpaired) electrons. The van der Waals surface area contributed by atoms with Gasteiger partial charge in [0, 0.05) is 12.8 Å². The third-order valence-electron chi connectivity index (χ3n) is 7.62. The largest absolute Gasteiger partial charge is 0.462 e. The molecule has 0 spiro atoms. The summed E-state index contributed by atoms with van der Waals surface area (Å²) in [4.78, 5) is 24.2. The van der Waals surface area contributed by atoms with Crippen molar-refractivity contribution in [1.82, 2.24) is 0 Å². The number of ether oxygens (including phenoxy) is 2. The summed E-state index contributed by atoms with van der Waals surface area (Å²) < 4.78 is 10.5. The van der Waals surface area contributed by atoms with Gasteiger partial charge in [0.15, 0.2) is 6.10 Å². The molecule has 48 heavy (non-hydrogen) atoms. The summed E-state index contributed by atoms with van der Waals surface area (Å²) in [5.41, 5.74) is 0. The van der Waals surface area contributed by atoms with E-state index in [1.165, 1.54) is 51.4 Å². The van der Waals surface area contributed by atoms with E-state index in [-0.39, 0.29) is 19.0 Å². The zero-order valence-electron chi connectivity index (χ0n) is 30.4. The Hall–Kier alpha value is -2.74. The Morgan fingerprint density at radius 1 is 0.667 bits per heavy atom. The highest BCUT2D eigenvalue weighted by atomic mass is 16.6. The minimum atomic E-state index is -0.845. The number of aliphatic hydroxyl groups is 3. The first-order valence-corrected chi connectivity index (χ1v) is 18.6. The third-order valence-corrected chi connectivity index (χ3v) is 7.62. The second-order valence-corrected chi connectivity index (χ2v) is 12.8. The number of esters is 2. The lowest BCUT2D eigenvalue weighted by Crippen LogP contribution is -2.28. The molecule has 3 N–H and O–H groups in total. The van der Waals surface area contributed by atoms with Crippen LogP contribution in [0.1, 0.15) is 136 Å². The van der Waals surface area contributed by atoms with Gasteiger partial charge < -0.3 is 24.8 Å².